The molecule has 0 bridgehead atoms. The van der Waals surface area contributed by atoms with Crippen molar-refractivity contribution in [2.45, 2.75) is 6.92 Å². The van der Waals surface area contributed by atoms with Crippen LogP contribution in [-0.4, -0.2) is 12.6 Å². The Morgan fingerprint density at radius 2 is 1.75 bits per heavy atom. The molecule has 0 aromatic rings. The molecule has 2 aliphatic carbocycles. The van der Waals surface area contributed by atoms with Gasteiger partial charge in [-0.2, -0.15) is 0 Å². The molecule has 2 amide bonds. The lowest BCUT2D eigenvalue weighted by molar-refractivity contribution is 0.249. The number of benzene rings is 1. The van der Waals surface area contributed by atoms with Gasteiger partial charge in [0.25, 0.3) is 0 Å². The van der Waals surface area contributed by atoms with E-state index in [9.17, 15) is 4.79 Å². The molecule has 0 atom stereocenters. The molecule has 0 aromatic heterocycles. The SMILES string of the molecule is CCNC(N)=O.c1cc2ccc1-2. The third-order valence-electron chi connectivity index (χ3n) is 1.57. The molecule has 3 N–H and O–H groups in total. The fourth-order valence-electron chi connectivity index (χ4n) is 0.837. The molecule has 0 aromatic carbocycles. The largest absolute Gasteiger partial charge is 0.352 e. The zero-order valence-corrected chi connectivity index (χ0v) is 7.00. The normalized spacial score (nSPS) is 9.42. The Hall–Kier alpha value is -1.51. The summed E-state index contributed by atoms with van der Waals surface area (Å²) in [5.41, 5.74) is 7.50. The lowest BCUT2D eigenvalue weighted by Crippen LogP contribution is -2.28. The Kier molecular flexibility index (Phi) is 2.69. The van der Waals surface area contributed by atoms with Crippen LogP contribution in [0.25, 0.3) is 11.1 Å². The molecular formula is C9H12N2O. The van der Waals surface area contributed by atoms with Crippen LogP contribution in [0.4, 0.5) is 4.79 Å². The minimum absolute atomic E-state index is 0.461. The van der Waals surface area contributed by atoms with E-state index in [-0.39, 0.29) is 0 Å². The topological polar surface area (TPSA) is 55.1 Å². The average Bonchev–Trinajstić information content (AvgIpc) is 1.98. The number of primary amides is 1. The van der Waals surface area contributed by atoms with Gasteiger partial charge >= 0.3 is 6.03 Å². The van der Waals surface area contributed by atoms with Crippen molar-refractivity contribution in [3.63, 3.8) is 0 Å². The number of hydrogen-bond acceptors (Lipinski definition) is 1. The summed E-state index contributed by atoms with van der Waals surface area (Å²) in [5, 5.41) is 2.35. The first kappa shape index (κ1) is 8.59. The lowest BCUT2D eigenvalue weighted by atomic mass is 9.95. The predicted molar refractivity (Wildman–Crippen MR) is 48.7 cm³/mol. The van der Waals surface area contributed by atoms with Gasteiger partial charge in [-0.25, -0.2) is 4.79 Å². The Morgan fingerprint density at radius 1 is 1.33 bits per heavy atom. The number of nitrogens with two attached hydrogens (primary N) is 1. The van der Waals surface area contributed by atoms with Gasteiger partial charge in [0.05, 0.1) is 0 Å². The van der Waals surface area contributed by atoms with Crippen LogP contribution in [0.15, 0.2) is 24.3 Å². The minimum Gasteiger partial charge on any atom is -0.352 e. The van der Waals surface area contributed by atoms with Gasteiger partial charge in [0.1, 0.15) is 0 Å². The molecule has 3 heteroatoms. The molecule has 12 heavy (non-hydrogen) atoms. The number of fused-ring (bicyclic) bond motifs is 1. The monoisotopic (exact) mass is 164 g/mol. The third-order valence-corrected chi connectivity index (χ3v) is 1.57. The lowest BCUT2D eigenvalue weighted by Gasteiger charge is -2.10. The number of amides is 2. The summed E-state index contributed by atoms with van der Waals surface area (Å²) >= 11 is 0. The molecule has 2 aliphatic rings. The fourth-order valence-corrected chi connectivity index (χ4v) is 0.837. The zero-order chi connectivity index (χ0) is 8.97. The van der Waals surface area contributed by atoms with Crippen molar-refractivity contribution >= 4 is 6.03 Å². The van der Waals surface area contributed by atoms with Crippen LogP contribution >= 0.6 is 0 Å². The molecule has 2 rings (SSSR count). The molecular weight excluding hydrogens is 152 g/mol. The Balaban J connectivity index is 0.000000120. The van der Waals surface area contributed by atoms with Crippen LogP contribution in [0.2, 0.25) is 0 Å². The molecule has 0 spiro atoms. The number of carbonyl (C=O) groups excluding carboxylic acids is 1. The first-order valence-corrected chi connectivity index (χ1v) is 3.87. The van der Waals surface area contributed by atoms with E-state index in [0.717, 1.165) is 0 Å². The van der Waals surface area contributed by atoms with Crippen LogP contribution in [0.1, 0.15) is 6.92 Å². The van der Waals surface area contributed by atoms with Gasteiger partial charge < -0.3 is 11.1 Å². The summed E-state index contributed by atoms with van der Waals surface area (Å²) in [4.78, 5) is 9.71. The van der Waals surface area contributed by atoms with Gasteiger partial charge in [-0.1, -0.05) is 24.3 Å². The van der Waals surface area contributed by atoms with E-state index in [0.29, 0.717) is 6.54 Å². The summed E-state index contributed by atoms with van der Waals surface area (Å²) in [5.74, 6) is 0. The highest BCUT2D eigenvalue weighted by Crippen LogP contribution is 2.29. The van der Waals surface area contributed by atoms with Gasteiger partial charge in [-0.05, 0) is 18.1 Å². The third kappa shape index (κ3) is 1.99. The Labute approximate surface area is 71.6 Å². The van der Waals surface area contributed by atoms with Crippen molar-refractivity contribution in [1.82, 2.24) is 5.32 Å². The fraction of sp³-hybridized carbons (Fsp3) is 0.222. The van der Waals surface area contributed by atoms with E-state index in [2.05, 4.69) is 35.3 Å². The summed E-state index contributed by atoms with van der Waals surface area (Å²) < 4.78 is 0. The van der Waals surface area contributed by atoms with Gasteiger partial charge in [0.2, 0.25) is 0 Å². The van der Waals surface area contributed by atoms with E-state index < -0.39 is 6.03 Å². The maximum atomic E-state index is 9.71. The average molecular weight is 164 g/mol. The molecule has 3 nitrogen and oxygen atoms in total. The predicted octanol–water partition coefficient (Wildman–Crippen LogP) is 1.34. The molecule has 0 saturated heterocycles. The standard InChI is InChI=1S/C6H4.C3H8N2O/c1-2-6-4-3-5(1)6;1-2-5-3(4)6/h1-4H;2H2,1H3,(H3,4,5,6). The van der Waals surface area contributed by atoms with Crippen molar-refractivity contribution in [3.8, 4) is 11.1 Å². The van der Waals surface area contributed by atoms with Gasteiger partial charge in [-0.15, -0.1) is 0 Å². The molecule has 0 aliphatic heterocycles. The quantitative estimate of drug-likeness (QED) is 0.656. The van der Waals surface area contributed by atoms with Crippen molar-refractivity contribution in [1.29, 1.82) is 0 Å². The summed E-state index contributed by atoms with van der Waals surface area (Å²) in [6, 6.07) is 8.02. The van der Waals surface area contributed by atoms with Crippen molar-refractivity contribution in [3.05, 3.63) is 24.3 Å². The van der Waals surface area contributed by atoms with Crippen molar-refractivity contribution < 1.29 is 4.79 Å². The highest BCUT2D eigenvalue weighted by molar-refractivity contribution is 5.75. The van der Waals surface area contributed by atoms with Crippen LogP contribution < -0.4 is 11.1 Å². The second-order valence-electron chi connectivity index (χ2n) is 2.47. The number of nitrogens with one attached hydrogen (secondary N) is 1. The second-order valence-corrected chi connectivity index (χ2v) is 2.47. The van der Waals surface area contributed by atoms with Crippen LogP contribution in [0, 0.1) is 0 Å². The summed E-state index contributed by atoms with van der Waals surface area (Å²) in [6.07, 6.45) is 0. The molecule has 0 fully saturated rings. The van der Waals surface area contributed by atoms with Crippen LogP contribution in [0.5, 0.6) is 0 Å². The maximum absolute atomic E-state index is 9.71. The molecule has 0 unspecified atom stereocenters. The highest BCUT2D eigenvalue weighted by Gasteiger charge is 2.03. The van der Waals surface area contributed by atoms with Crippen LogP contribution in [0.3, 0.4) is 0 Å². The first-order valence-electron chi connectivity index (χ1n) is 3.87. The van der Waals surface area contributed by atoms with Crippen molar-refractivity contribution in [2.24, 2.45) is 5.73 Å². The van der Waals surface area contributed by atoms with Gasteiger partial charge in [0, 0.05) is 6.54 Å². The molecule has 0 saturated carbocycles. The second kappa shape index (κ2) is 3.76. The molecule has 64 valence electrons. The van der Waals surface area contributed by atoms with E-state index in [1.54, 1.807) is 0 Å². The number of rotatable bonds is 1. The number of hydrogen-bond donors (Lipinski definition) is 2. The Bertz CT molecular complexity index is 245. The number of carbonyl (C=O) groups is 1. The van der Waals surface area contributed by atoms with E-state index >= 15 is 0 Å². The van der Waals surface area contributed by atoms with E-state index in [1.807, 2.05) is 6.92 Å². The van der Waals surface area contributed by atoms with E-state index in [1.165, 1.54) is 11.1 Å². The molecule has 0 heterocycles. The van der Waals surface area contributed by atoms with Crippen LogP contribution in [-0.2, 0) is 0 Å². The maximum Gasteiger partial charge on any atom is 0.312 e. The van der Waals surface area contributed by atoms with Crippen molar-refractivity contribution in [2.75, 3.05) is 6.54 Å². The minimum atomic E-state index is -0.461. The smallest absolute Gasteiger partial charge is 0.312 e. The molecule has 0 radical (unpaired) electrons. The van der Waals surface area contributed by atoms with E-state index in [4.69, 9.17) is 0 Å². The summed E-state index contributed by atoms with van der Waals surface area (Å²) in [7, 11) is 0. The Morgan fingerprint density at radius 3 is 1.75 bits per heavy atom. The van der Waals surface area contributed by atoms with Gasteiger partial charge in [-0.3, -0.25) is 0 Å². The number of urea groups is 1. The highest BCUT2D eigenvalue weighted by atomic mass is 16.2. The zero-order valence-electron chi connectivity index (χ0n) is 7.00. The van der Waals surface area contributed by atoms with Gasteiger partial charge in [0.15, 0.2) is 0 Å². The first-order chi connectivity index (χ1) is 5.74. The summed E-state index contributed by atoms with van der Waals surface area (Å²) in [6.45, 7) is 2.42.